The first-order valence-corrected chi connectivity index (χ1v) is 12.0. The molecule has 8 nitrogen and oxygen atoms in total. The molecular weight excluding hydrogens is 458 g/mol. The molecule has 0 N–H and O–H groups in total. The predicted molar refractivity (Wildman–Crippen MR) is 139 cm³/mol. The number of hydrogen-bond acceptors (Lipinski definition) is 5. The van der Waals surface area contributed by atoms with E-state index in [1.807, 2.05) is 55.5 Å². The van der Waals surface area contributed by atoms with Crippen LogP contribution in [0.1, 0.15) is 38.1 Å². The van der Waals surface area contributed by atoms with Crippen molar-refractivity contribution in [3.63, 3.8) is 0 Å². The first-order chi connectivity index (χ1) is 17.2. The summed E-state index contributed by atoms with van der Waals surface area (Å²) >= 11 is 0. The second-order valence-corrected chi connectivity index (χ2v) is 9.73. The van der Waals surface area contributed by atoms with Gasteiger partial charge in [-0.2, -0.15) is 0 Å². The maximum Gasteiger partial charge on any atom is 0.331 e. The summed E-state index contributed by atoms with van der Waals surface area (Å²) in [6.07, 6.45) is -0.471. The van der Waals surface area contributed by atoms with Crippen molar-refractivity contribution in [2.24, 2.45) is 14.1 Å². The Hall–Kier alpha value is -3.78. The van der Waals surface area contributed by atoms with Crippen molar-refractivity contribution in [2.75, 3.05) is 20.3 Å². The van der Waals surface area contributed by atoms with Gasteiger partial charge in [0.05, 0.1) is 48.2 Å². The molecular formula is C28H31N3O5. The van der Waals surface area contributed by atoms with Crippen LogP contribution in [0.4, 0.5) is 0 Å². The molecule has 0 bridgehead atoms. The molecule has 8 heteroatoms. The SMILES string of the molecule is CCOc1ccc([C@H]2OCC(C)(C)n3c(-c4ccc(OC)cc4)c4c(=O)n(C)c(=O)n(C)c4c32)cc1. The van der Waals surface area contributed by atoms with E-state index >= 15 is 0 Å². The molecule has 0 saturated carbocycles. The number of nitrogens with zero attached hydrogens (tertiary/aromatic N) is 3. The molecule has 0 radical (unpaired) electrons. The Kier molecular flexibility index (Phi) is 5.79. The third-order valence-corrected chi connectivity index (χ3v) is 6.92. The lowest BCUT2D eigenvalue weighted by Gasteiger charge is -2.39. The van der Waals surface area contributed by atoms with Crippen LogP contribution in [0.2, 0.25) is 0 Å². The van der Waals surface area contributed by atoms with Gasteiger partial charge in [0.2, 0.25) is 0 Å². The van der Waals surface area contributed by atoms with Gasteiger partial charge in [-0.15, -0.1) is 0 Å². The van der Waals surface area contributed by atoms with E-state index in [0.29, 0.717) is 24.1 Å². The molecule has 1 atom stereocenters. The second-order valence-electron chi connectivity index (χ2n) is 9.73. The Morgan fingerprint density at radius 1 is 0.972 bits per heavy atom. The van der Waals surface area contributed by atoms with Crippen LogP contribution in [0.5, 0.6) is 11.5 Å². The summed E-state index contributed by atoms with van der Waals surface area (Å²) in [5.41, 5.74) is 2.73. The summed E-state index contributed by atoms with van der Waals surface area (Å²) in [4.78, 5) is 26.7. The van der Waals surface area contributed by atoms with E-state index in [0.717, 1.165) is 34.0 Å². The van der Waals surface area contributed by atoms with Gasteiger partial charge in [0.15, 0.2) is 0 Å². The van der Waals surface area contributed by atoms with E-state index in [-0.39, 0.29) is 11.2 Å². The number of methoxy groups -OCH3 is 1. The van der Waals surface area contributed by atoms with Crippen LogP contribution in [-0.2, 0) is 24.4 Å². The fraction of sp³-hybridized carbons (Fsp3) is 0.357. The van der Waals surface area contributed by atoms with Gasteiger partial charge in [-0.1, -0.05) is 12.1 Å². The minimum Gasteiger partial charge on any atom is -0.497 e. The summed E-state index contributed by atoms with van der Waals surface area (Å²) in [6.45, 7) is 7.12. The van der Waals surface area contributed by atoms with E-state index in [1.165, 1.54) is 11.6 Å². The molecule has 36 heavy (non-hydrogen) atoms. The van der Waals surface area contributed by atoms with Crippen molar-refractivity contribution in [1.29, 1.82) is 0 Å². The molecule has 0 amide bonds. The second kappa shape index (κ2) is 8.71. The number of hydrogen-bond donors (Lipinski definition) is 0. The molecule has 0 fully saturated rings. The zero-order chi connectivity index (χ0) is 25.8. The van der Waals surface area contributed by atoms with Crippen molar-refractivity contribution < 1.29 is 14.2 Å². The van der Waals surface area contributed by atoms with Crippen molar-refractivity contribution in [3.05, 3.63) is 80.6 Å². The minimum absolute atomic E-state index is 0.331. The molecule has 4 aromatic rings. The fourth-order valence-electron chi connectivity index (χ4n) is 5.18. The highest BCUT2D eigenvalue weighted by molar-refractivity contribution is 5.97. The highest BCUT2D eigenvalue weighted by atomic mass is 16.5. The smallest absolute Gasteiger partial charge is 0.331 e. The summed E-state index contributed by atoms with van der Waals surface area (Å²) < 4.78 is 22.3. The van der Waals surface area contributed by atoms with Crippen molar-refractivity contribution in [1.82, 2.24) is 13.7 Å². The van der Waals surface area contributed by atoms with E-state index in [1.54, 1.807) is 18.7 Å². The molecule has 2 aromatic heterocycles. The van der Waals surface area contributed by atoms with Crippen LogP contribution in [0, 0.1) is 0 Å². The van der Waals surface area contributed by atoms with Gasteiger partial charge in [-0.3, -0.25) is 13.9 Å². The third kappa shape index (κ3) is 3.55. The van der Waals surface area contributed by atoms with Crippen LogP contribution in [0.25, 0.3) is 22.2 Å². The van der Waals surface area contributed by atoms with Crippen LogP contribution in [0.3, 0.4) is 0 Å². The van der Waals surface area contributed by atoms with Crippen LogP contribution >= 0.6 is 0 Å². The topological polar surface area (TPSA) is 76.6 Å². The Balaban J connectivity index is 1.89. The molecule has 188 valence electrons. The number of aromatic nitrogens is 3. The van der Waals surface area contributed by atoms with Crippen LogP contribution in [-0.4, -0.2) is 34.0 Å². The Bertz CT molecular complexity index is 1560. The van der Waals surface area contributed by atoms with Gasteiger partial charge < -0.3 is 18.8 Å². The minimum atomic E-state index is -0.480. The number of benzene rings is 2. The Labute approximate surface area is 209 Å². The van der Waals surface area contributed by atoms with Gasteiger partial charge in [0.1, 0.15) is 17.6 Å². The molecule has 0 aliphatic carbocycles. The molecule has 5 rings (SSSR count). The molecule has 0 spiro atoms. The van der Waals surface area contributed by atoms with Crippen molar-refractivity contribution in [2.45, 2.75) is 32.4 Å². The largest absolute Gasteiger partial charge is 0.497 e. The average Bonchev–Trinajstić information content (AvgIpc) is 3.25. The highest BCUT2D eigenvalue weighted by Gasteiger charge is 2.40. The monoisotopic (exact) mass is 489 g/mol. The zero-order valence-corrected chi connectivity index (χ0v) is 21.5. The first-order valence-electron chi connectivity index (χ1n) is 12.0. The third-order valence-electron chi connectivity index (χ3n) is 6.92. The number of aryl methyl sites for hydroxylation is 1. The average molecular weight is 490 g/mol. The quantitative estimate of drug-likeness (QED) is 0.424. The van der Waals surface area contributed by atoms with Crippen molar-refractivity contribution >= 4 is 10.9 Å². The van der Waals surface area contributed by atoms with E-state index < -0.39 is 11.6 Å². The van der Waals surface area contributed by atoms with Crippen LogP contribution < -0.4 is 20.7 Å². The van der Waals surface area contributed by atoms with E-state index in [2.05, 4.69) is 18.4 Å². The predicted octanol–water partition coefficient (Wildman–Crippen LogP) is 3.97. The molecule has 0 unspecified atom stereocenters. The first kappa shape index (κ1) is 23.9. The van der Waals surface area contributed by atoms with Crippen molar-refractivity contribution in [3.8, 4) is 22.8 Å². The molecule has 0 saturated heterocycles. The maximum atomic E-state index is 13.7. The Morgan fingerprint density at radius 2 is 1.61 bits per heavy atom. The standard InChI is InChI=1S/C28H31N3O5/c1-7-35-20-14-10-18(11-15-20)25-24-23-21(26(32)30(5)27(33)29(23)4)22(31(24)28(2,3)16-36-25)17-8-12-19(34-6)13-9-17/h8-15,25H,7,16H2,1-6H3/t25-/m1/s1. The van der Waals surface area contributed by atoms with Gasteiger partial charge in [0, 0.05) is 14.1 Å². The zero-order valence-electron chi connectivity index (χ0n) is 21.5. The molecule has 2 aromatic carbocycles. The Morgan fingerprint density at radius 3 is 2.22 bits per heavy atom. The summed E-state index contributed by atoms with van der Waals surface area (Å²) in [5.74, 6) is 1.50. The lowest BCUT2D eigenvalue weighted by molar-refractivity contribution is -0.00709. The lowest BCUT2D eigenvalue weighted by atomic mass is 9.98. The highest BCUT2D eigenvalue weighted by Crippen LogP contribution is 2.45. The molecule has 1 aliphatic rings. The number of fused-ring (bicyclic) bond motifs is 3. The van der Waals surface area contributed by atoms with E-state index in [4.69, 9.17) is 14.2 Å². The van der Waals surface area contributed by atoms with Gasteiger partial charge >= 0.3 is 5.69 Å². The summed E-state index contributed by atoms with van der Waals surface area (Å²) in [5, 5.41) is 0.495. The maximum absolute atomic E-state index is 13.7. The van der Waals surface area contributed by atoms with Crippen LogP contribution in [0.15, 0.2) is 58.1 Å². The van der Waals surface area contributed by atoms with Gasteiger partial charge in [-0.05, 0) is 68.3 Å². The normalized spacial score (nSPS) is 16.7. The summed E-state index contributed by atoms with van der Waals surface area (Å²) in [6, 6.07) is 15.4. The summed E-state index contributed by atoms with van der Waals surface area (Å²) in [7, 11) is 4.85. The fourth-order valence-corrected chi connectivity index (χ4v) is 5.18. The molecule has 1 aliphatic heterocycles. The van der Waals surface area contributed by atoms with Gasteiger partial charge in [-0.25, -0.2) is 4.79 Å². The van der Waals surface area contributed by atoms with E-state index in [9.17, 15) is 9.59 Å². The number of ether oxygens (including phenoxy) is 3. The molecule has 3 heterocycles. The number of rotatable bonds is 5. The van der Waals surface area contributed by atoms with Gasteiger partial charge in [0.25, 0.3) is 5.56 Å². The lowest BCUT2D eigenvalue weighted by Crippen LogP contribution is -2.40.